The Morgan fingerprint density at radius 3 is 2.55 bits per heavy atom. The van der Waals surface area contributed by atoms with Gasteiger partial charge >= 0.3 is 0 Å². The molecule has 2 N–H and O–H groups in total. The number of nitrogens with one attached hydrogen (secondary N) is 2. The van der Waals surface area contributed by atoms with Crippen LogP contribution in [-0.4, -0.2) is 41.9 Å². The maximum atomic E-state index is 11.8. The molecule has 0 aliphatic carbocycles. The normalized spacial score (nSPS) is 13.4. The molecule has 0 fully saturated rings. The van der Waals surface area contributed by atoms with Crippen LogP contribution in [0.25, 0.3) is 0 Å². The van der Waals surface area contributed by atoms with Gasteiger partial charge in [0.2, 0.25) is 15.9 Å². The third-order valence-corrected chi connectivity index (χ3v) is 3.26. The summed E-state index contributed by atoms with van der Waals surface area (Å²) in [6.07, 6.45) is 3.12. The summed E-state index contributed by atoms with van der Waals surface area (Å²) in [5.74, 6) is 0.593. The first-order valence-electron chi connectivity index (χ1n) is 6.27. The van der Waals surface area contributed by atoms with Crippen LogP contribution < -0.4 is 10.0 Å². The van der Waals surface area contributed by atoms with Crippen molar-refractivity contribution < 1.29 is 13.2 Å². The van der Waals surface area contributed by atoms with Crippen LogP contribution in [0.2, 0.25) is 0 Å². The van der Waals surface area contributed by atoms with Crippen LogP contribution >= 0.6 is 0 Å². The number of rotatable bonds is 7. The van der Waals surface area contributed by atoms with Gasteiger partial charge < -0.3 is 5.32 Å². The molecule has 0 aliphatic rings. The van der Waals surface area contributed by atoms with Crippen molar-refractivity contribution in [2.24, 2.45) is 13.0 Å². The third-order valence-electron chi connectivity index (χ3n) is 2.60. The van der Waals surface area contributed by atoms with Crippen molar-refractivity contribution in [1.82, 2.24) is 24.8 Å². The van der Waals surface area contributed by atoms with Gasteiger partial charge in [-0.1, -0.05) is 13.8 Å². The molecule has 1 amide bonds. The second kappa shape index (κ2) is 6.80. The molecule has 0 bridgehead atoms. The second-order valence-electron chi connectivity index (χ2n) is 5.08. The minimum absolute atomic E-state index is 0.286. The van der Waals surface area contributed by atoms with E-state index in [4.69, 9.17) is 0 Å². The van der Waals surface area contributed by atoms with E-state index in [1.54, 1.807) is 11.7 Å². The van der Waals surface area contributed by atoms with Crippen molar-refractivity contribution in [1.29, 1.82) is 0 Å². The number of aryl methyl sites for hydroxylation is 1. The third kappa shape index (κ3) is 5.66. The van der Waals surface area contributed by atoms with E-state index in [2.05, 4.69) is 20.1 Å². The first kappa shape index (κ1) is 16.6. The molecule has 114 valence electrons. The second-order valence-corrected chi connectivity index (χ2v) is 6.92. The maximum absolute atomic E-state index is 11.8. The molecule has 0 saturated carbocycles. The lowest BCUT2D eigenvalue weighted by atomic mass is 10.0. The van der Waals surface area contributed by atoms with Crippen LogP contribution in [0.1, 0.15) is 32.1 Å². The zero-order valence-corrected chi connectivity index (χ0v) is 12.9. The Labute approximate surface area is 119 Å². The molecule has 0 aliphatic heterocycles. The number of hydrogen-bond acceptors (Lipinski definition) is 5. The van der Waals surface area contributed by atoms with Gasteiger partial charge in [-0.15, -0.1) is 0 Å². The number of nitrogens with zero attached hydrogens (tertiary/aromatic N) is 3. The van der Waals surface area contributed by atoms with Gasteiger partial charge in [0, 0.05) is 7.05 Å². The van der Waals surface area contributed by atoms with Gasteiger partial charge in [-0.25, -0.2) is 18.1 Å². The molecule has 0 unspecified atom stereocenters. The fourth-order valence-corrected chi connectivity index (χ4v) is 2.16. The molecule has 8 nitrogen and oxygen atoms in total. The van der Waals surface area contributed by atoms with Crippen LogP contribution in [0.15, 0.2) is 6.33 Å². The summed E-state index contributed by atoms with van der Waals surface area (Å²) in [4.78, 5) is 15.9. The first-order chi connectivity index (χ1) is 9.19. The highest BCUT2D eigenvalue weighted by molar-refractivity contribution is 7.88. The molecular weight excluding hydrogens is 282 g/mol. The minimum atomic E-state index is -3.38. The number of carbonyl (C=O) groups excluding carboxylic acids is 1. The summed E-state index contributed by atoms with van der Waals surface area (Å²) in [5.41, 5.74) is 0. The molecule has 1 rings (SSSR count). The predicted octanol–water partition coefficient (Wildman–Crippen LogP) is -0.432. The summed E-state index contributed by atoms with van der Waals surface area (Å²) in [6, 6.07) is -0.295. The van der Waals surface area contributed by atoms with Crippen molar-refractivity contribution in [3.63, 3.8) is 0 Å². The van der Waals surface area contributed by atoms with Gasteiger partial charge in [0.25, 0.3) is 0 Å². The Balaban J connectivity index is 2.71. The van der Waals surface area contributed by atoms with Crippen LogP contribution in [0.5, 0.6) is 0 Å². The van der Waals surface area contributed by atoms with Gasteiger partial charge in [0.1, 0.15) is 12.2 Å². The van der Waals surface area contributed by atoms with Gasteiger partial charge in [0.05, 0.1) is 18.8 Å². The lowest BCUT2D eigenvalue weighted by molar-refractivity contribution is -0.120. The largest absolute Gasteiger partial charge is 0.345 e. The van der Waals surface area contributed by atoms with E-state index >= 15 is 0 Å². The predicted molar refractivity (Wildman–Crippen MR) is 74.2 cm³/mol. The van der Waals surface area contributed by atoms with Crippen LogP contribution in [0, 0.1) is 5.92 Å². The average Bonchev–Trinajstić information content (AvgIpc) is 2.70. The average molecular weight is 303 g/mol. The minimum Gasteiger partial charge on any atom is -0.345 e. The van der Waals surface area contributed by atoms with Crippen molar-refractivity contribution in [2.75, 3.05) is 12.8 Å². The zero-order chi connectivity index (χ0) is 15.3. The molecular formula is C11H21N5O3S. The van der Waals surface area contributed by atoms with Gasteiger partial charge in [-0.2, -0.15) is 5.10 Å². The van der Waals surface area contributed by atoms with E-state index in [0.29, 0.717) is 18.2 Å². The van der Waals surface area contributed by atoms with Crippen molar-refractivity contribution in [3.8, 4) is 0 Å². The molecule has 1 atom stereocenters. The number of sulfonamides is 1. The monoisotopic (exact) mass is 303 g/mol. The van der Waals surface area contributed by atoms with Crippen LogP contribution in [0.3, 0.4) is 0 Å². The molecule has 1 aromatic rings. The summed E-state index contributed by atoms with van der Waals surface area (Å²) >= 11 is 0. The Morgan fingerprint density at radius 2 is 2.10 bits per heavy atom. The molecule has 9 heteroatoms. The number of aromatic nitrogens is 3. The Hall–Kier alpha value is -1.48. The lowest BCUT2D eigenvalue weighted by Crippen LogP contribution is -2.39. The van der Waals surface area contributed by atoms with Gasteiger partial charge in [-0.3, -0.25) is 9.48 Å². The first-order valence-corrected chi connectivity index (χ1v) is 8.16. The number of carbonyl (C=O) groups is 1. The highest BCUT2D eigenvalue weighted by atomic mass is 32.2. The summed E-state index contributed by atoms with van der Waals surface area (Å²) < 4.78 is 25.7. The molecule has 1 heterocycles. The summed E-state index contributed by atoms with van der Waals surface area (Å²) in [5, 5.41) is 6.76. The molecule has 1 aromatic heterocycles. The van der Waals surface area contributed by atoms with E-state index in [1.165, 1.54) is 6.33 Å². The molecule has 0 radical (unpaired) electrons. The molecule has 0 aromatic carbocycles. The molecule has 20 heavy (non-hydrogen) atoms. The highest BCUT2D eigenvalue weighted by Crippen LogP contribution is 2.18. The lowest BCUT2D eigenvalue weighted by Gasteiger charge is -2.19. The Kier molecular flexibility index (Phi) is 5.63. The standard InChI is InChI=1S/C11H21N5O3S/c1-8(2)5-9(11-12-7-13-16(11)3)15-10(17)6-14-20(4,18)19/h7-9,14H,5-6H2,1-4H3,(H,15,17)/t9-/m0/s1. The SMILES string of the molecule is CC(C)C[C@H](NC(=O)CNS(C)(=O)=O)c1ncnn1C. The highest BCUT2D eigenvalue weighted by Gasteiger charge is 2.20. The van der Waals surface area contributed by atoms with Crippen molar-refractivity contribution in [2.45, 2.75) is 26.3 Å². The Bertz CT molecular complexity index is 552. The van der Waals surface area contributed by atoms with E-state index in [9.17, 15) is 13.2 Å². The van der Waals surface area contributed by atoms with Crippen molar-refractivity contribution in [3.05, 3.63) is 12.2 Å². The van der Waals surface area contributed by atoms with Crippen molar-refractivity contribution >= 4 is 15.9 Å². The molecule has 0 spiro atoms. The topological polar surface area (TPSA) is 106 Å². The van der Waals surface area contributed by atoms with E-state index < -0.39 is 15.9 Å². The number of amides is 1. The fraction of sp³-hybridized carbons (Fsp3) is 0.727. The smallest absolute Gasteiger partial charge is 0.235 e. The zero-order valence-electron chi connectivity index (χ0n) is 12.1. The van der Waals surface area contributed by atoms with E-state index in [0.717, 1.165) is 6.26 Å². The van der Waals surface area contributed by atoms with E-state index in [1.807, 2.05) is 13.8 Å². The Morgan fingerprint density at radius 1 is 1.45 bits per heavy atom. The fourth-order valence-electron chi connectivity index (χ4n) is 1.76. The van der Waals surface area contributed by atoms with Gasteiger partial charge in [0.15, 0.2) is 0 Å². The summed E-state index contributed by atoms with van der Waals surface area (Å²) in [7, 11) is -1.64. The van der Waals surface area contributed by atoms with Crippen LogP contribution in [0.4, 0.5) is 0 Å². The van der Waals surface area contributed by atoms with E-state index in [-0.39, 0.29) is 12.6 Å². The quantitative estimate of drug-likeness (QED) is 0.711. The number of hydrogen-bond donors (Lipinski definition) is 2. The maximum Gasteiger partial charge on any atom is 0.235 e. The van der Waals surface area contributed by atoms with Gasteiger partial charge in [-0.05, 0) is 12.3 Å². The summed E-state index contributed by atoms with van der Waals surface area (Å²) in [6.45, 7) is 3.78. The molecule has 0 saturated heterocycles. The van der Waals surface area contributed by atoms with Crippen LogP contribution in [-0.2, 0) is 21.9 Å².